The minimum Gasteiger partial charge on any atom is -0.493 e. The van der Waals surface area contributed by atoms with Crippen molar-refractivity contribution in [2.45, 2.75) is 38.1 Å². The summed E-state index contributed by atoms with van der Waals surface area (Å²) >= 11 is 0. The van der Waals surface area contributed by atoms with Crippen molar-refractivity contribution in [3.63, 3.8) is 0 Å². The lowest BCUT2D eigenvalue weighted by atomic mass is 10.0. The first-order chi connectivity index (χ1) is 13.9. The van der Waals surface area contributed by atoms with E-state index in [1.807, 2.05) is 0 Å². The van der Waals surface area contributed by atoms with Crippen LogP contribution in [0, 0.1) is 0 Å². The Morgan fingerprint density at radius 2 is 2.21 bits per heavy atom. The van der Waals surface area contributed by atoms with E-state index in [-0.39, 0.29) is 6.04 Å². The molecule has 4 heterocycles. The SMILES string of the molecule is COc1cn2ncc(-c3ccnc(NC4CNCCC4F)n3)c2nc1C(C)(C)O. The number of aromatic nitrogens is 5. The Morgan fingerprint density at radius 3 is 2.93 bits per heavy atom. The second-order valence-electron chi connectivity index (χ2n) is 7.57. The number of methoxy groups -OCH3 is 1. The lowest BCUT2D eigenvalue weighted by molar-refractivity contribution is 0.0707. The maximum atomic E-state index is 14.1. The maximum absolute atomic E-state index is 14.1. The Hall–Kier alpha value is -2.85. The van der Waals surface area contributed by atoms with E-state index in [2.05, 4.69) is 30.7 Å². The number of aliphatic hydroxyl groups is 1. The fourth-order valence-electron chi connectivity index (χ4n) is 3.38. The predicted molar refractivity (Wildman–Crippen MR) is 106 cm³/mol. The summed E-state index contributed by atoms with van der Waals surface area (Å²) in [6, 6.07) is 1.36. The number of rotatable bonds is 5. The van der Waals surface area contributed by atoms with Crippen molar-refractivity contribution in [3.8, 4) is 17.0 Å². The van der Waals surface area contributed by atoms with Gasteiger partial charge in [-0.15, -0.1) is 0 Å². The zero-order valence-electron chi connectivity index (χ0n) is 16.6. The molecule has 3 aromatic heterocycles. The molecule has 1 saturated heterocycles. The van der Waals surface area contributed by atoms with Gasteiger partial charge in [0, 0.05) is 12.7 Å². The molecule has 29 heavy (non-hydrogen) atoms. The highest BCUT2D eigenvalue weighted by Gasteiger charge is 2.27. The van der Waals surface area contributed by atoms with E-state index >= 15 is 0 Å². The summed E-state index contributed by atoms with van der Waals surface area (Å²) in [6.45, 7) is 4.47. The van der Waals surface area contributed by atoms with Crippen LogP contribution in [-0.2, 0) is 5.60 Å². The molecule has 3 aromatic rings. The monoisotopic (exact) mass is 401 g/mol. The van der Waals surface area contributed by atoms with Gasteiger partial charge in [-0.2, -0.15) is 5.10 Å². The molecule has 3 N–H and O–H groups in total. The van der Waals surface area contributed by atoms with Crippen LogP contribution >= 0.6 is 0 Å². The van der Waals surface area contributed by atoms with Crippen LogP contribution < -0.4 is 15.4 Å². The summed E-state index contributed by atoms with van der Waals surface area (Å²) in [5.41, 5.74) is 0.987. The van der Waals surface area contributed by atoms with Crippen LogP contribution in [0.1, 0.15) is 26.0 Å². The topological polar surface area (TPSA) is 109 Å². The minimum atomic E-state index is -1.20. The molecular formula is C19H24FN7O2. The zero-order valence-corrected chi connectivity index (χ0v) is 16.6. The van der Waals surface area contributed by atoms with Gasteiger partial charge in [-0.05, 0) is 32.9 Å². The van der Waals surface area contributed by atoms with Crippen LogP contribution in [0.15, 0.2) is 24.7 Å². The Balaban J connectivity index is 1.71. The lowest BCUT2D eigenvalue weighted by Gasteiger charge is -2.27. The summed E-state index contributed by atoms with van der Waals surface area (Å²) in [4.78, 5) is 13.3. The normalized spacial score (nSPS) is 20.0. The fourth-order valence-corrected chi connectivity index (χ4v) is 3.38. The Labute approximate surface area is 167 Å². The standard InChI is InChI=1S/C19H24FN7O2/c1-19(2,28)16-15(29-3)10-27-17(26-16)11(8-23-27)13-5-7-22-18(24-13)25-14-9-21-6-4-12(14)20/h5,7-8,10,12,14,21,28H,4,6,9H2,1-3H3,(H,22,24,25). The van der Waals surface area contributed by atoms with Crippen molar-refractivity contribution >= 4 is 11.6 Å². The van der Waals surface area contributed by atoms with Crippen molar-refractivity contribution in [1.82, 2.24) is 29.9 Å². The first-order valence-corrected chi connectivity index (χ1v) is 9.47. The van der Waals surface area contributed by atoms with E-state index in [9.17, 15) is 9.50 Å². The molecule has 0 aliphatic carbocycles. The van der Waals surface area contributed by atoms with Gasteiger partial charge in [-0.25, -0.2) is 23.9 Å². The predicted octanol–water partition coefficient (Wildman–Crippen LogP) is 1.53. The zero-order chi connectivity index (χ0) is 20.6. The van der Waals surface area contributed by atoms with Gasteiger partial charge in [-0.1, -0.05) is 0 Å². The maximum Gasteiger partial charge on any atom is 0.223 e. The van der Waals surface area contributed by atoms with E-state index in [0.717, 1.165) is 0 Å². The number of hydrogen-bond acceptors (Lipinski definition) is 8. The molecule has 2 unspecified atom stereocenters. The van der Waals surface area contributed by atoms with Gasteiger partial charge in [0.15, 0.2) is 11.4 Å². The lowest BCUT2D eigenvalue weighted by Crippen LogP contribution is -2.46. The third-order valence-corrected chi connectivity index (χ3v) is 4.90. The van der Waals surface area contributed by atoms with E-state index in [1.54, 1.807) is 43.0 Å². The van der Waals surface area contributed by atoms with Gasteiger partial charge in [0.2, 0.25) is 5.95 Å². The molecule has 10 heteroatoms. The second kappa shape index (κ2) is 7.53. The van der Waals surface area contributed by atoms with Crippen LogP contribution in [0.2, 0.25) is 0 Å². The van der Waals surface area contributed by atoms with E-state index in [1.165, 1.54) is 7.11 Å². The smallest absolute Gasteiger partial charge is 0.223 e. The highest BCUT2D eigenvalue weighted by Crippen LogP contribution is 2.31. The van der Waals surface area contributed by atoms with Gasteiger partial charge in [0.25, 0.3) is 0 Å². The molecule has 0 spiro atoms. The number of nitrogens with one attached hydrogen (secondary N) is 2. The number of alkyl halides is 1. The quantitative estimate of drug-likeness (QED) is 0.591. The van der Waals surface area contributed by atoms with Crippen LogP contribution in [0.3, 0.4) is 0 Å². The van der Waals surface area contributed by atoms with Crippen molar-refractivity contribution in [1.29, 1.82) is 0 Å². The molecule has 0 aromatic carbocycles. The van der Waals surface area contributed by atoms with Gasteiger partial charge in [-0.3, -0.25) is 0 Å². The molecule has 154 valence electrons. The summed E-state index contributed by atoms with van der Waals surface area (Å²) in [5, 5.41) is 21.0. The van der Waals surface area contributed by atoms with Gasteiger partial charge in [0.1, 0.15) is 17.5 Å². The van der Waals surface area contributed by atoms with Crippen molar-refractivity contribution in [3.05, 3.63) is 30.4 Å². The van der Waals surface area contributed by atoms with Crippen LogP contribution in [0.4, 0.5) is 10.3 Å². The summed E-state index contributed by atoms with van der Waals surface area (Å²) in [5.74, 6) is 0.776. The van der Waals surface area contributed by atoms with E-state index in [0.29, 0.717) is 53.8 Å². The molecule has 0 amide bonds. The van der Waals surface area contributed by atoms with Crippen molar-refractivity contribution < 1.29 is 14.2 Å². The molecule has 0 saturated carbocycles. The van der Waals surface area contributed by atoms with Crippen LogP contribution in [0.25, 0.3) is 16.9 Å². The van der Waals surface area contributed by atoms with Crippen molar-refractivity contribution in [2.24, 2.45) is 0 Å². The highest BCUT2D eigenvalue weighted by atomic mass is 19.1. The average Bonchev–Trinajstić information content (AvgIpc) is 3.11. The number of halogens is 1. The molecular weight excluding hydrogens is 377 g/mol. The molecule has 1 fully saturated rings. The molecule has 1 aliphatic heterocycles. The summed E-state index contributed by atoms with van der Waals surface area (Å²) in [6.07, 6.45) is 4.42. The van der Waals surface area contributed by atoms with Gasteiger partial charge < -0.3 is 20.5 Å². The van der Waals surface area contributed by atoms with Crippen LogP contribution in [-0.4, -0.2) is 62.1 Å². The second-order valence-corrected chi connectivity index (χ2v) is 7.57. The first-order valence-electron chi connectivity index (χ1n) is 9.47. The fraction of sp³-hybridized carbons (Fsp3) is 0.474. The number of anilines is 1. The average molecular weight is 401 g/mol. The van der Waals surface area contributed by atoms with E-state index in [4.69, 9.17) is 4.74 Å². The number of nitrogens with zero attached hydrogens (tertiary/aromatic N) is 5. The minimum absolute atomic E-state index is 0.342. The molecule has 2 atom stereocenters. The molecule has 1 aliphatic rings. The molecule has 9 nitrogen and oxygen atoms in total. The van der Waals surface area contributed by atoms with Gasteiger partial charge >= 0.3 is 0 Å². The van der Waals surface area contributed by atoms with Crippen LogP contribution in [0.5, 0.6) is 5.75 Å². The number of fused-ring (bicyclic) bond motifs is 1. The molecule has 0 radical (unpaired) electrons. The number of piperidine rings is 1. The highest BCUT2D eigenvalue weighted by molar-refractivity contribution is 5.75. The summed E-state index contributed by atoms with van der Waals surface area (Å²) < 4.78 is 21.0. The molecule has 4 rings (SSSR count). The summed E-state index contributed by atoms with van der Waals surface area (Å²) in [7, 11) is 1.52. The van der Waals surface area contributed by atoms with Crippen molar-refractivity contribution in [2.75, 3.05) is 25.5 Å². The molecule has 0 bridgehead atoms. The largest absolute Gasteiger partial charge is 0.493 e. The van der Waals surface area contributed by atoms with E-state index < -0.39 is 11.8 Å². The number of hydrogen-bond donors (Lipinski definition) is 3. The first kappa shape index (κ1) is 19.5. The Bertz CT molecular complexity index is 1020. The Kier molecular flexibility index (Phi) is 5.05. The third kappa shape index (κ3) is 3.85. The van der Waals surface area contributed by atoms with Gasteiger partial charge in [0.05, 0.1) is 36.8 Å². The Morgan fingerprint density at radius 1 is 1.38 bits per heavy atom. The number of ether oxygens (including phenoxy) is 1. The third-order valence-electron chi connectivity index (χ3n) is 4.90.